The summed E-state index contributed by atoms with van der Waals surface area (Å²) >= 11 is 0. The van der Waals surface area contributed by atoms with Gasteiger partial charge < -0.3 is 15.4 Å². The largest absolute Gasteiger partial charge is 0.378 e. The van der Waals surface area contributed by atoms with Gasteiger partial charge in [0.25, 0.3) is 0 Å². The number of rotatable bonds is 4. The molecule has 0 aliphatic carbocycles. The minimum absolute atomic E-state index is 0.206. The van der Waals surface area contributed by atoms with Crippen molar-refractivity contribution in [3.63, 3.8) is 0 Å². The summed E-state index contributed by atoms with van der Waals surface area (Å²) in [4.78, 5) is 4.95. The van der Waals surface area contributed by atoms with Crippen molar-refractivity contribution in [3.05, 3.63) is 65.7 Å². The molecule has 0 amide bonds. The second-order valence-corrected chi connectivity index (χ2v) is 7.10. The lowest BCUT2D eigenvalue weighted by atomic mass is 9.95. The molecular formula is C21H27N3O. The van der Waals surface area contributed by atoms with Gasteiger partial charge in [0.2, 0.25) is 0 Å². The average Bonchev–Trinajstić information content (AvgIpc) is 3.04. The smallest absolute Gasteiger partial charge is 0.0642 e. The highest BCUT2D eigenvalue weighted by atomic mass is 16.5. The Morgan fingerprint density at radius 2 is 1.64 bits per heavy atom. The maximum atomic E-state index is 6.47. The zero-order chi connectivity index (χ0) is 17.1. The predicted octanol–water partition coefficient (Wildman–Crippen LogP) is 2.45. The van der Waals surface area contributed by atoms with Gasteiger partial charge in [-0.1, -0.05) is 48.5 Å². The molecule has 2 aliphatic heterocycles. The number of hydrogen-bond acceptors (Lipinski definition) is 4. The van der Waals surface area contributed by atoms with Crippen molar-refractivity contribution in [3.8, 4) is 0 Å². The number of nitrogens with zero attached hydrogens (tertiary/aromatic N) is 2. The molecule has 4 nitrogen and oxygen atoms in total. The monoisotopic (exact) mass is 337 g/mol. The van der Waals surface area contributed by atoms with E-state index in [1.807, 2.05) is 0 Å². The molecule has 2 N–H and O–H groups in total. The molecule has 0 bridgehead atoms. The van der Waals surface area contributed by atoms with Crippen LogP contribution >= 0.6 is 0 Å². The molecule has 2 aliphatic rings. The first-order chi connectivity index (χ1) is 12.3. The fourth-order valence-electron chi connectivity index (χ4n) is 4.09. The topological polar surface area (TPSA) is 41.7 Å². The number of hydrogen-bond donors (Lipinski definition) is 1. The van der Waals surface area contributed by atoms with Gasteiger partial charge in [0.15, 0.2) is 0 Å². The van der Waals surface area contributed by atoms with Gasteiger partial charge in [-0.15, -0.1) is 0 Å². The van der Waals surface area contributed by atoms with Crippen molar-refractivity contribution >= 4 is 5.69 Å². The van der Waals surface area contributed by atoms with E-state index >= 15 is 0 Å². The summed E-state index contributed by atoms with van der Waals surface area (Å²) < 4.78 is 5.50. The van der Waals surface area contributed by atoms with Crippen LogP contribution in [0.25, 0.3) is 0 Å². The van der Waals surface area contributed by atoms with Crippen molar-refractivity contribution in [2.75, 3.05) is 44.3 Å². The molecule has 132 valence electrons. The molecule has 2 aromatic carbocycles. The van der Waals surface area contributed by atoms with Crippen molar-refractivity contribution in [2.24, 2.45) is 5.73 Å². The maximum absolute atomic E-state index is 6.47. The van der Waals surface area contributed by atoms with Crippen LogP contribution in [0.5, 0.6) is 0 Å². The van der Waals surface area contributed by atoms with Crippen LogP contribution in [0.1, 0.15) is 17.0 Å². The summed E-state index contributed by atoms with van der Waals surface area (Å²) in [6.45, 7) is 6.54. The highest BCUT2D eigenvalue weighted by molar-refractivity contribution is 5.54. The summed E-state index contributed by atoms with van der Waals surface area (Å²) in [5.74, 6) is 0.428. The Bertz CT molecular complexity index is 685. The van der Waals surface area contributed by atoms with Gasteiger partial charge in [0.1, 0.15) is 0 Å². The molecule has 4 rings (SSSR count). The molecular weight excluding hydrogens is 310 g/mol. The van der Waals surface area contributed by atoms with E-state index in [9.17, 15) is 0 Å². The van der Waals surface area contributed by atoms with Crippen LogP contribution in [-0.4, -0.2) is 50.3 Å². The van der Waals surface area contributed by atoms with Gasteiger partial charge >= 0.3 is 0 Å². The molecule has 0 spiro atoms. The Hall–Kier alpha value is -1.88. The van der Waals surface area contributed by atoms with Gasteiger partial charge in [-0.25, -0.2) is 0 Å². The summed E-state index contributed by atoms with van der Waals surface area (Å²) in [6.07, 6.45) is 0. The minimum Gasteiger partial charge on any atom is -0.378 e. The maximum Gasteiger partial charge on any atom is 0.0642 e. The van der Waals surface area contributed by atoms with Crippen LogP contribution in [-0.2, 0) is 11.3 Å². The molecule has 0 unspecified atom stereocenters. The Balaban J connectivity index is 1.48. The molecule has 2 fully saturated rings. The Morgan fingerprint density at radius 1 is 0.920 bits per heavy atom. The lowest BCUT2D eigenvalue weighted by Gasteiger charge is -2.31. The number of para-hydroxylation sites is 1. The summed E-state index contributed by atoms with van der Waals surface area (Å²) in [7, 11) is 0. The highest BCUT2D eigenvalue weighted by Gasteiger charge is 2.31. The second kappa shape index (κ2) is 7.56. The summed E-state index contributed by atoms with van der Waals surface area (Å²) in [5, 5.41) is 0. The first-order valence-corrected chi connectivity index (χ1v) is 9.25. The van der Waals surface area contributed by atoms with E-state index in [0.717, 1.165) is 45.9 Å². The molecule has 2 saturated heterocycles. The molecule has 2 aromatic rings. The molecule has 0 radical (unpaired) electrons. The van der Waals surface area contributed by atoms with Crippen LogP contribution in [0.2, 0.25) is 0 Å². The molecule has 2 heterocycles. The zero-order valence-electron chi connectivity index (χ0n) is 14.7. The third-order valence-electron chi connectivity index (χ3n) is 5.41. The Morgan fingerprint density at radius 3 is 2.44 bits per heavy atom. The molecule has 2 atom stereocenters. The van der Waals surface area contributed by atoms with E-state index < -0.39 is 0 Å². The third-order valence-corrected chi connectivity index (χ3v) is 5.41. The quantitative estimate of drug-likeness (QED) is 0.930. The Kier molecular flexibility index (Phi) is 5.02. The number of morpholine rings is 1. The normalized spacial score (nSPS) is 24.6. The molecule has 0 saturated carbocycles. The SMILES string of the molecule is N[C@@H]1CN(Cc2ccccc2N2CCOCC2)C[C@H]1c1ccccc1. The molecule has 4 heteroatoms. The second-order valence-electron chi connectivity index (χ2n) is 7.10. The van der Waals surface area contributed by atoms with Crippen molar-refractivity contribution in [1.82, 2.24) is 4.90 Å². The molecule has 25 heavy (non-hydrogen) atoms. The standard InChI is InChI=1S/C21H27N3O/c22-20-16-23(15-19(20)17-6-2-1-3-7-17)14-18-8-4-5-9-21(18)24-10-12-25-13-11-24/h1-9,19-20H,10-16,22H2/t19-,20+/m0/s1. The number of benzene rings is 2. The van der Waals surface area contributed by atoms with Crippen LogP contribution in [0.15, 0.2) is 54.6 Å². The fourth-order valence-corrected chi connectivity index (χ4v) is 4.09. The third kappa shape index (κ3) is 3.71. The van der Waals surface area contributed by atoms with E-state index in [-0.39, 0.29) is 6.04 Å². The summed E-state index contributed by atoms with van der Waals surface area (Å²) in [6, 6.07) is 19.7. The van der Waals surface area contributed by atoms with E-state index in [1.54, 1.807) is 0 Å². The predicted molar refractivity (Wildman–Crippen MR) is 102 cm³/mol. The number of nitrogens with two attached hydrogens (primary N) is 1. The van der Waals surface area contributed by atoms with Gasteiger partial charge in [0, 0.05) is 50.4 Å². The minimum atomic E-state index is 0.206. The van der Waals surface area contributed by atoms with Crippen LogP contribution in [0.4, 0.5) is 5.69 Å². The van der Waals surface area contributed by atoms with Gasteiger partial charge in [0.05, 0.1) is 13.2 Å². The lowest BCUT2D eigenvalue weighted by molar-refractivity contribution is 0.122. The average molecular weight is 337 g/mol. The van der Waals surface area contributed by atoms with Gasteiger partial charge in [-0.2, -0.15) is 0 Å². The Labute approximate surface area is 150 Å². The van der Waals surface area contributed by atoms with Crippen molar-refractivity contribution in [2.45, 2.75) is 18.5 Å². The van der Waals surface area contributed by atoms with E-state index in [4.69, 9.17) is 10.5 Å². The van der Waals surface area contributed by atoms with Crippen molar-refractivity contribution in [1.29, 1.82) is 0 Å². The highest BCUT2D eigenvalue weighted by Crippen LogP contribution is 2.29. The fraction of sp³-hybridized carbons (Fsp3) is 0.429. The first kappa shape index (κ1) is 16.6. The van der Waals surface area contributed by atoms with Crippen LogP contribution in [0.3, 0.4) is 0 Å². The van der Waals surface area contributed by atoms with Gasteiger partial charge in [-0.3, -0.25) is 4.90 Å². The number of ether oxygens (including phenoxy) is 1. The number of anilines is 1. The van der Waals surface area contributed by atoms with Crippen LogP contribution in [0, 0.1) is 0 Å². The summed E-state index contributed by atoms with van der Waals surface area (Å²) in [5.41, 5.74) is 10.6. The van der Waals surface area contributed by atoms with E-state index in [1.165, 1.54) is 16.8 Å². The lowest BCUT2D eigenvalue weighted by Crippen LogP contribution is -2.37. The van der Waals surface area contributed by atoms with E-state index in [0.29, 0.717) is 5.92 Å². The van der Waals surface area contributed by atoms with Crippen LogP contribution < -0.4 is 10.6 Å². The first-order valence-electron chi connectivity index (χ1n) is 9.25. The van der Waals surface area contributed by atoms with E-state index in [2.05, 4.69) is 64.4 Å². The number of likely N-dealkylation sites (tertiary alicyclic amines) is 1. The molecule has 0 aromatic heterocycles. The van der Waals surface area contributed by atoms with Crippen molar-refractivity contribution < 1.29 is 4.74 Å². The zero-order valence-corrected chi connectivity index (χ0v) is 14.7. The van der Waals surface area contributed by atoms with Gasteiger partial charge in [-0.05, 0) is 17.2 Å².